The molecule has 6 aromatic rings. The quantitative estimate of drug-likeness (QED) is 0.0367. The molecule has 24 heteroatoms. The fourth-order valence-electron chi connectivity index (χ4n) is 4.23. The Morgan fingerprint density at radius 1 is 0.609 bits per heavy atom. The van der Waals surface area contributed by atoms with Gasteiger partial charge in [-0.2, -0.15) is 0 Å². The lowest BCUT2D eigenvalue weighted by Gasteiger charge is -2.08. The van der Waals surface area contributed by atoms with E-state index in [0.29, 0.717) is 61.6 Å². The number of carbonyl (C=O) groups is 4. The number of rotatable bonds is 13. The van der Waals surface area contributed by atoms with Crippen LogP contribution in [0.4, 0.5) is 0 Å². The number of nitrogens with zero attached hydrogens (tertiary/aromatic N) is 7. The van der Waals surface area contributed by atoms with E-state index < -0.39 is 16.5 Å². The summed E-state index contributed by atoms with van der Waals surface area (Å²) in [6.45, 7) is 1.87. The van der Waals surface area contributed by atoms with Gasteiger partial charge in [-0.15, -0.1) is 12.4 Å². The molecule has 0 saturated carbocycles. The lowest BCUT2D eigenvalue weighted by Crippen LogP contribution is -2.07. The highest BCUT2D eigenvalue weighted by molar-refractivity contribution is 6.97. The first kappa shape index (κ1) is 59.8. The van der Waals surface area contributed by atoms with Gasteiger partial charge in [-0.3, -0.25) is 19.2 Å². The standard InChI is InChI=1S/C13H13Cl2N3O.C12H10Cl2N2O.C6H4Cl2.C6H8N2O2.C2Cl2O2.CH5NO.ClH/c1-19-17-13(4-6-18-7-5-16-9-18)10-2-3-11(14)12(15)8-10;13-10-2-1-9(7-11(10)14)12(17)3-5-16-6-4-15-8-16;7-5-3-1-2-4-6(5)8;9-6(10)1-3-8-4-2-7-5-8;3-1(5)2(4)6;1-3-2;/h2-3,5,7-9H,4,6H2,1H3;1-2,4,6-8H,3,5H2;1-4H;2,4-5H,1,3H2,(H,9,10);;2H2,1H3;1H. The van der Waals surface area contributed by atoms with Crippen LogP contribution in [-0.4, -0.2) is 75.9 Å². The van der Waals surface area contributed by atoms with Gasteiger partial charge in [0.2, 0.25) is 0 Å². The number of hydrogen-bond donors (Lipinski definition) is 2. The van der Waals surface area contributed by atoms with Gasteiger partial charge < -0.3 is 28.5 Å². The third-order valence-electron chi connectivity index (χ3n) is 7.14. The molecule has 3 N–H and O–H groups in total. The number of benzene rings is 3. The Morgan fingerprint density at radius 2 is 0.984 bits per heavy atom. The van der Waals surface area contributed by atoms with Crippen molar-refractivity contribution in [1.82, 2.24) is 28.7 Å². The number of carboxylic acids is 1. The Labute approximate surface area is 415 Å². The number of aryl methyl sites for hydroxylation is 3. The van der Waals surface area contributed by atoms with E-state index in [4.69, 9.17) is 79.5 Å². The summed E-state index contributed by atoms with van der Waals surface area (Å²) in [5.74, 6) is 3.60. The van der Waals surface area contributed by atoms with Gasteiger partial charge in [0.25, 0.3) is 0 Å². The van der Waals surface area contributed by atoms with E-state index in [2.05, 4.69) is 54.0 Å². The van der Waals surface area contributed by atoms with Gasteiger partial charge in [-0.25, -0.2) is 20.8 Å². The third kappa shape index (κ3) is 26.5. The lowest BCUT2D eigenvalue weighted by atomic mass is 10.1. The normalized spacial score (nSPS) is 9.89. The molecule has 0 aliphatic heterocycles. The zero-order chi connectivity index (χ0) is 47.2. The van der Waals surface area contributed by atoms with E-state index >= 15 is 0 Å². The number of carbonyl (C=O) groups excluding carboxylic acids is 3. The maximum absolute atomic E-state index is 11.9. The molecule has 0 amide bonds. The molecule has 15 nitrogen and oxygen atoms in total. The highest BCUT2D eigenvalue weighted by Crippen LogP contribution is 2.25. The van der Waals surface area contributed by atoms with Crippen molar-refractivity contribution in [2.45, 2.75) is 38.9 Å². The van der Waals surface area contributed by atoms with Gasteiger partial charge in [-0.05, 0) is 65.7 Å². The topological polar surface area (TPSA) is 199 Å². The predicted molar refractivity (Wildman–Crippen MR) is 256 cm³/mol. The summed E-state index contributed by atoms with van der Waals surface area (Å²) in [5.41, 5.74) is 2.30. The van der Waals surface area contributed by atoms with Crippen molar-refractivity contribution in [3.63, 3.8) is 0 Å². The number of nitrogens with two attached hydrogens (primary N) is 1. The van der Waals surface area contributed by atoms with Gasteiger partial charge >= 0.3 is 16.5 Å². The summed E-state index contributed by atoms with van der Waals surface area (Å²) in [7, 11) is 2.93. The zero-order valence-electron chi connectivity index (χ0n) is 33.7. The molecule has 346 valence electrons. The van der Waals surface area contributed by atoms with Crippen molar-refractivity contribution in [2.75, 3.05) is 14.2 Å². The molecule has 3 aromatic heterocycles. The fourth-order valence-corrected chi connectivity index (χ4v) is 5.10. The summed E-state index contributed by atoms with van der Waals surface area (Å²) in [4.78, 5) is 61.1. The van der Waals surface area contributed by atoms with E-state index in [1.807, 2.05) is 39.7 Å². The largest absolute Gasteiger partial charge is 0.481 e. The van der Waals surface area contributed by atoms with Crippen molar-refractivity contribution < 1.29 is 34.0 Å². The number of aromatic nitrogens is 6. The van der Waals surface area contributed by atoms with Crippen molar-refractivity contribution in [1.29, 1.82) is 0 Å². The molecule has 6 rings (SSSR count). The molecule has 0 saturated heterocycles. The molecule has 0 atom stereocenters. The minimum atomic E-state index is -1.14. The van der Waals surface area contributed by atoms with E-state index in [1.165, 1.54) is 14.2 Å². The highest BCUT2D eigenvalue weighted by Gasteiger charge is 2.09. The molecule has 64 heavy (non-hydrogen) atoms. The SMILES string of the molecule is CON.CON=C(CCn1ccnc1)c1ccc(Cl)c(Cl)c1.Cl.Clc1ccccc1Cl.O=C(CCn1ccnc1)c1ccc(Cl)c(Cl)c1.O=C(Cl)C(=O)Cl.O=C(O)CCn1ccnc1. The second-order valence-electron chi connectivity index (χ2n) is 11.6. The van der Waals surface area contributed by atoms with Gasteiger partial charge in [-0.1, -0.05) is 93.0 Å². The summed E-state index contributed by atoms with van der Waals surface area (Å²) >= 11 is 43.7. The van der Waals surface area contributed by atoms with Crippen LogP contribution in [0, 0.1) is 0 Å². The first-order valence-corrected chi connectivity index (χ1v) is 20.7. The summed E-state index contributed by atoms with van der Waals surface area (Å²) in [6.07, 6.45) is 16.8. The maximum Gasteiger partial charge on any atom is 0.305 e. The molecule has 0 spiro atoms. The average Bonchev–Trinajstić information content (AvgIpc) is 4.08. The zero-order valence-corrected chi connectivity index (χ0v) is 40.6. The average molecular weight is 1060 g/mol. The Balaban J connectivity index is 0.000000803. The van der Waals surface area contributed by atoms with Crippen LogP contribution in [0.2, 0.25) is 30.1 Å². The minimum Gasteiger partial charge on any atom is -0.481 e. The fraction of sp³-hybridized carbons (Fsp3) is 0.200. The molecule has 0 bridgehead atoms. The van der Waals surface area contributed by atoms with E-state index in [9.17, 15) is 19.2 Å². The van der Waals surface area contributed by atoms with Crippen molar-refractivity contribution in [2.24, 2.45) is 11.1 Å². The van der Waals surface area contributed by atoms with Crippen molar-refractivity contribution in [3.05, 3.63) is 158 Å². The molecule has 3 aromatic carbocycles. The maximum atomic E-state index is 11.9. The first-order chi connectivity index (χ1) is 30.0. The molecule has 0 unspecified atom stereocenters. The summed E-state index contributed by atoms with van der Waals surface area (Å²) < 4.78 is 5.56. The first-order valence-electron chi connectivity index (χ1n) is 17.7. The van der Waals surface area contributed by atoms with Crippen LogP contribution in [0.3, 0.4) is 0 Å². The second kappa shape index (κ2) is 35.1. The molecule has 0 fully saturated rings. The number of ketones is 1. The van der Waals surface area contributed by atoms with E-state index in [1.54, 1.807) is 90.8 Å². The molecule has 0 radical (unpaired) electrons. The van der Waals surface area contributed by atoms with Crippen LogP contribution >= 0.6 is 105 Å². The van der Waals surface area contributed by atoms with Crippen LogP contribution in [-0.2, 0) is 43.7 Å². The van der Waals surface area contributed by atoms with Crippen molar-refractivity contribution >= 4 is 133 Å². The van der Waals surface area contributed by atoms with Crippen LogP contribution in [0.5, 0.6) is 0 Å². The van der Waals surface area contributed by atoms with Gasteiger partial charge in [0.05, 0.1) is 68.4 Å². The minimum absolute atomic E-state index is 0. The molecule has 0 aliphatic carbocycles. The van der Waals surface area contributed by atoms with E-state index in [0.717, 1.165) is 17.8 Å². The molecule has 3 heterocycles. The van der Waals surface area contributed by atoms with Gasteiger partial charge in [0.15, 0.2) is 5.78 Å². The number of oxime groups is 1. The molecular formula is C40H41Cl9N8O7. The summed E-state index contributed by atoms with van der Waals surface area (Å²) in [5, 5.41) is 13.1. The molecular weight excluding hydrogens is 1020 g/mol. The Hall–Kier alpha value is -4.23. The third-order valence-corrected chi connectivity index (χ3v) is 9.81. The van der Waals surface area contributed by atoms with Crippen LogP contribution in [0.25, 0.3) is 0 Å². The van der Waals surface area contributed by atoms with E-state index in [-0.39, 0.29) is 24.6 Å². The number of imidazole rings is 3. The van der Waals surface area contributed by atoms with Crippen LogP contribution < -0.4 is 5.90 Å². The molecule has 0 aliphatic rings. The van der Waals surface area contributed by atoms with Crippen LogP contribution in [0.15, 0.2) is 122 Å². The second-order valence-corrected chi connectivity index (χ2v) is 14.8. The highest BCUT2D eigenvalue weighted by atomic mass is 35.5. The van der Waals surface area contributed by atoms with Gasteiger partial charge in [0.1, 0.15) is 7.11 Å². The number of aliphatic carboxylic acids is 1. The predicted octanol–water partition coefficient (Wildman–Crippen LogP) is 10.9. The number of Topliss-reactive ketones (excluding diaryl/α,β-unsaturated/α-hetero) is 1. The lowest BCUT2D eigenvalue weighted by molar-refractivity contribution is -0.137. The monoisotopic (exact) mass is 1060 g/mol. The Kier molecular flexibility index (Phi) is 32.8. The Bertz CT molecular complexity index is 2250. The smallest absolute Gasteiger partial charge is 0.305 e. The number of hydrogen-bond acceptors (Lipinski definition) is 11. The Morgan fingerprint density at radius 3 is 1.33 bits per heavy atom. The van der Waals surface area contributed by atoms with Crippen LogP contribution in [0.1, 0.15) is 35.2 Å². The van der Waals surface area contributed by atoms with Gasteiger partial charge in [0, 0.05) is 80.8 Å². The summed E-state index contributed by atoms with van der Waals surface area (Å²) in [6, 6.07) is 17.5. The van der Waals surface area contributed by atoms with Crippen molar-refractivity contribution in [3.8, 4) is 0 Å². The number of carboxylic acid groups (broad SMARTS) is 1. The number of halogens is 9.